The number of Topliss-reactive ketones (excluding diaryl/α,β-unsaturated/α-hetero) is 2. The molecule has 1 amide bonds. The molecule has 3 aromatic rings. The lowest BCUT2D eigenvalue weighted by Gasteiger charge is -2.68. The summed E-state index contributed by atoms with van der Waals surface area (Å²) < 4.78 is 41.7. The molecule has 11 atom stereocenters. The van der Waals surface area contributed by atoms with Gasteiger partial charge in [0.1, 0.15) is 31.5 Å². The van der Waals surface area contributed by atoms with E-state index < -0.39 is 144 Å². The number of hydrogen-bond donors (Lipinski definition) is 3. The minimum atomic E-state index is -2.30. The molecule has 0 spiro atoms. The quantitative estimate of drug-likeness (QED) is 0.0178. The minimum absolute atomic E-state index is 0.00246. The number of carbonyl (C=O) groups excluding carboxylic acids is 8. The second-order valence-electron chi connectivity index (χ2n) is 27.4. The Morgan fingerprint density at radius 2 is 1.20 bits per heavy atom. The van der Waals surface area contributed by atoms with Gasteiger partial charge >= 0.3 is 29.8 Å². The normalized spacial score (nSPS) is 25.4. The number of esters is 5. The SMILES string of the molecule is CC(=O)O[C@H]1C(=O)[C@@]2(C)[C@H](C(CC(=O)c3ccccc3)[C@]3(O)CC(OC(=O)C(OC(=O)COCC(=O)OCC/C(C)=C/CC/C(C)=C/CC/C=C(\C)CC/C=C(\C)CCC=C(C)C)[C@@H](NC(=O)c4ccccc4)c4ccccc4)C(C)=C1C3(C)C)[C@]1(OC(C)=O)CO[C@@H]1C[C@@H]2O. The maximum atomic E-state index is 15.9. The predicted octanol–water partition coefficient (Wildman–Crippen LogP) is 12.8. The van der Waals surface area contributed by atoms with Crippen molar-refractivity contribution in [1.82, 2.24) is 5.32 Å². The van der Waals surface area contributed by atoms with Gasteiger partial charge in [-0.25, -0.2) is 14.4 Å². The standard InChI is InChI=1S/C78H99NO17/c1-49(2)27-24-30-52(5)33-25-31-50(3)28-22-23-29-51(4)32-26-34-53(6)41-42-91-65(84)46-90-47-66(85)95-70(68(58-37-18-14-19-38-58)79-73(87)59-39-20-15-21-40-59)74(88)94-62-45-78(89)60(43-61(82)57-35-16-13-17-36-57)71-76(12,63(83)44-64-77(71,48-92-64)96-56(9)81)72(86)69(93-55(8)80)67(54(62)7)75(78,10)11/h13-21,27-29,33-40,60,62-64,68-71,83,89H,22-26,30-32,41-48H2,1-12H3,(H,79,87)/b50-28+,51-29+,52-33+,53-34+/t60?,62?,63-,64+,68-,69+,70?,71-,76+,77-,78+/m0/s1. The third kappa shape index (κ3) is 18.4. The lowest BCUT2D eigenvalue weighted by atomic mass is 9.42. The number of fused-ring (bicyclic) bond motifs is 5. The molecule has 518 valence electrons. The number of rotatable bonds is 31. The summed E-state index contributed by atoms with van der Waals surface area (Å²) in [4.78, 5) is 114. The zero-order chi connectivity index (χ0) is 70.1. The van der Waals surface area contributed by atoms with E-state index >= 15 is 9.59 Å². The summed E-state index contributed by atoms with van der Waals surface area (Å²) >= 11 is 0. The zero-order valence-corrected chi connectivity index (χ0v) is 58.0. The molecule has 4 aliphatic rings. The number of amides is 1. The van der Waals surface area contributed by atoms with Gasteiger partial charge in [-0.1, -0.05) is 151 Å². The molecule has 3 fully saturated rings. The molecule has 3 N–H and O–H groups in total. The average molecular weight is 1320 g/mol. The fraction of sp³-hybridized carbons (Fsp3) is 0.513. The lowest BCUT2D eigenvalue weighted by molar-refractivity contribution is -0.339. The number of ether oxygens (including phenoxy) is 7. The van der Waals surface area contributed by atoms with Crippen molar-refractivity contribution in [3.8, 4) is 0 Å². The highest BCUT2D eigenvalue weighted by atomic mass is 16.6. The van der Waals surface area contributed by atoms with Crippen molar-refractivity contribution in [3.05, 3.63) is 177 Å². The largest absolute Gasteiger partial charge is 0.464 e. The van der Waals surface area contributed by atoms with Crippen LogP contribution in [0.25, 0.3) is 0 Å². The molecule has 18 nitrogen and oxygen atoms in total. The van der Waals surface area contributed by atoms with Gasteiger partial charge < -0.3 is 48.7 Å². The Morgan fingerprint density at radius 1 is 0.667 bits per heavy atom. The Bertz CT molecular complexity index is 3470. The van der Waals surface area contributed by atoms with Crippen LogP contribution in [0.2, 0.25) is 0 Å². The molecule has 2 saturated carbocycles. The topological polar surface area (TPSA) is 254 Å². The van der Waals surface area contributed by atoms with Crippen LogP contribution in [0.4, 0.5) is 0 Å². The number of aliphatic hydroxyl groups is 2. The van der Waals surface area contributed by atoms with Crippen LogP contribution < -0.4 is 5.32 Å². The monoisotopic (exact) mass is 1320 g/mol. The van der Waals surface area contributed by atoms with Crippen molar-refractivity contribution in [1.29, 1.82) is 0 Å². The van der Waals surface area contributed by atoms with Gasteiger partial charge in [0, 0.05) is 67.9 Å². The van der Waals surface area contributed by atoms with Crippen LogP contribution in [-0.4, -0.2) is 126 Å². The van der Waals surface area contributed by atoms with Gasteiger partial charge in [0.05, 0.1) is 30.3 Å². The van der Waals surface area contributed by atoms with E-state index in [1.807, 2.05) is 6.92 Å². The second kappa shape index (κ2) is 33.9. The molecule has 3 aromatic carbocycles. The van der Waals surface area contributed by atoms with Crippen molar-refractivity contribution >= 4 is 47.3 Å². The fourth-order valence-corrected chi connectivity index (χ4v) is 14.4. The molecule has 7 rings (SSSR count). The molecule has 1 saturated heterocycles. The van der Waals surface area contributed by atoms with Crippen molar-refractivity contribution in [2.24, 2.45) is 22.7 Å². The Hall–Kier alpha value is -7.90. The molecule has 3 unspecified atom stereocenters. The third-order valence-electron chi connectivity index (χ3n) is 19.7. The summed E-state index contributed by atoms with van der Waals surface area (Å²) in [7, 11) is 0. The van der Waals surface area contributed by atoms with E-state index in [4.69, 9.17) is 33.2 Å². The van der Waals surface area contributed by atoms with Crippen LogP contribution >= 0.6 is 0 Å². The Balaban J connectivity index is 1.10. The fourth-order valence-electron chi connectivity index (χ4n) is 14.4. The van der Waals surface area contributed by atoms with Crippen LogP contribution in [0.1, 0.15) is 192 Å². The molecule has 3 aliphatic carbocycles. The lowest BCUT2D eigenvalue weighted by Crippen LogP contribution is -2.80. The number of ketones is 2. The molecule has 1 aliphatic heterocycles. The zero-order valence-electron chi connectivity index (χ0n) is 58.0. The van der Waals surface area contributed by atoms with E-state index in [0.717, 1.165) is 63.9 Å². The number of benzene rings is 3. The number of aliphatic hydroxyl groups excluding tert-OH is 1. The molecule has 0 aromatic heterocycles. The number of hydrogen-bond acceptors (Lipinski definition) is 17. The number of allylic oxidation sites excluding steroid dienone is 9. The Morgan fingerprint density at radius 3 is 1.74 bits per heavy atom. The van der Waals surface area contributed by atoms with E-state index in [1.165, 1.54) is 43.1 Å². The van der Waals surface area contributed by atoms with Gasteiger partial charge in [-0.3, -0.25) is 24.0 Å². The van der Waals surface area contributed by atoms with E-state index in [0.29, 0.717) is 6.42 Å². The first kappa shape index (κ1) is 75.5. The Labute approximate surface area is 566 Å². The summed E-state index contributed by atoms with van der Waals surface area (Å²) in [6.45, 7) is 19.5. The smallest absolute Gasteiger partial charge is 0.350 e. The van der Waals surface area contributed by atoms with Gasteiger partial charge in [-0.15, -0.1) is 0 Å². The van der Waals surface area contributed by atoms with E-state index in [-0.39, 0.29) is 47.5 Å². The molecule has 0 radical (unpaired) electrons. The maximum Gasteiger partial charge on any atom is 0.350 e. The molecule has 1 heterocycles. The number of unbranched alkanes of at least 4 members (excludes halogenated alkanes) is 1. The molecular formula is C78H99NO17. The number of carbonyl (C=O) groups is 8. The number of nitrogens with one attached hydrogen (secondary N) is 1. The van der Waals surface area contributed by atoms with Gasteiger partial charge in [-0.2, -0.15) is 0 Å². The van der Waals surface area contributed by atoms with Gasteiger partial charge in [0.2, 0.25) is 6.10 Å². The molecule has 96 heavy (non-hydrogen) atoms. The van der Waals surface area contributed by atoms with E-state index in [2.05, 4.69) is 70.3 Å². The van der Waals surface area contributed by atoms with Crippen molar-refractivity contribution in [2.45, 2.75) is 208 Å². The van der Waals surface area contributed by atoms with E-state index in [1.54, 1.807) is 105 Å². The van der Waals surface area contributed by atoms with Gasteiger partial charge in [-0.05, 0) is 136 Å². The van der Waals surface area contributed by atoms with Gasteiger partial charge in [0.15, 0.2) is 23.3 Å². The highest BCUT2D eigenvalue weighted by Crippen LogP contribution is 2.66. The minimum Gasteiger partial charge on any atom is -0.464 e. The third-order valence-corrected chi connectivity index (χ3v) is 19.7. The van der Waals surface area contributed by atoms with Gasteiger partial charge in [0.25, 0.3) is 5.91 Å². The highest BCUT2D eigenvalue weighted by molar-refractivity contribution is 5.98. The van der Waals surface area contributed by atoms with Crippen molar-refractivity contribution in [2.75, 3.05) is 26.4 Å². The highest BCUT2D eigenvalue weighted by Gasteiger charge is 2.77. The maximum absolute atomic E-state index is 15.9. The summed E-state index contributed by atoms with van der Waals surface area (Å²) in [6.07, 6.45) is 10.6. The van der Waals surface area contributed by atoms with E-state index in [9.17, 15) is 39.0 Å². The second-order valence-corrected chi connectivity index (χ2v) is 27.4. The van der Waals surface area contributed by atoms with Crippen LogP contribution in [0, 0.1) is 22.7 Å². The summed E-state index contributed by atoms with van der Waals surface area (Å²) in [6, 6.07) is 23.0. The van der Waals surface area contributed by atoms with Crippen LogP contribution in [0.15, 0.2) is 160 Å². The molecule has 2 bridgehead atoms. The summed E-state index contributed by atoms with van der Waals surface area (Å²) in [5.41, 5.74) is -0.290. The molecule has 18 heteroatoms. The van der Waals surface area contributed by atoms with Crippen LogP contribution in [-0.2, 0) is 61.9 Å². The first-order chi connectivity index (χ1) is 45.5. The summed E-state index contributed by atoms with van der Waals surface area (Å²) in [5, 5.41) is 29.4. The van der Waals surface area contributed by atoms with Crippen LogP contribution in [0.5, 0.6) is 0 Å². The van der Waals surface area contributed by atoms with Crippen LogP contribution in [0.3, 0.4) is 0 Å². The first-order valence-electron chi connectivity index (χ1n) is 33.6. The molecular weight excluding hydrogens is 1220 g/mol. The Kier molecular flexibility index (Phi) is 26.6. The summed E-state index contributed by atoms with van der Waals surface area (Å²) in [5.74, 6) is -9.69. The van der Waals surface area contributed by atoms with Crippen molar-refractivity contribution < 1.29 is 81.7 Å². The van der Waals surface area contributed by atoms with Crippen molar-refractivity contribution in [3.63, 3.8) is 0 Å². The predicted molar refractivity (Wildman–Crippen MR) is 363 cm³/mol. The first-order valence-corrected chi connectivity index (χ1v) is 33.6. The average Bonchev–Trinajstić information content (AvgIpc) is 0.670.